The van der Waals surface area contributed by atoms with Gasteiger partial charge in [-0.2, -0.15) is 0 Å². The number of benzene rings is 2. The van der Waals surface area contributed by atoms with Crippen LogP contribution in [0.4, 0.5) is 4.79 Å². The smallest absolute Gasteiger partial charge is 0.290 e. The molecule has 0 aliphatic carbocycles. The van der Waals surface area contributed by atoms with Crippen LogP contribution in [0.2, 0.25) is 0 Å². The van der Waals surface area contributed by atoms with Crippen molar-refractivity contribution in [2.24, 2.45) is 0 Å². The van der Waals surface area contributed by atoms with E-state index in [-0.39, 0.29) is 23.7 Å². The summed E-state index contributed by atoms with van der Waals surface area (Å²) in [5.74, 6) is 1.91. The fraction of sp³-hybridized carbons (Fsp3) is 0.433. The Kier molecular flexibility index (Phi) is 8.09. The van der Waals surface area contributed by atoms with Crippen molar-refractivity contribution in [1.82, 2.24) is 10.2 Å². The molecule has 1 unspecified atom stereocenters. The van der Waals surface area contributed by atoms with Gasteiger partial charge in [-0.05, 0) is 92.8 Å². The van der Waals surface area contributed by atoms with Gasteiger partial charge in [0.1, 0.15) is 29.5 Å². The second-order valence-corrected chi connectivity index (χ2v) is 11.6. The van der Waals surface area contributed by atoms with E-state index >= 15 is 0 Å². The molecule has 1 N–H and O–H groups in total. The van der Waals surface area contributed by atoms with Crippen molar-refractivity contribution in [3.8, 4) is 17.2 Å². The molecule has 3 heterocycles. The van der Waals surface area contributed by atoms with Crippen LogP contribution in [-0.2, 0) is 20.7 Å². The van der Waals surface area contributed by atoms with Crippen molar-refractivity contribution in [3.63, 3.8) is 0 Å². The van der Waals surface area contributed by atoms with Gasteiger partial charge >= 0.3 is 0 Å². The lowest BCUT2D eigenvalue weighted by Crippen LogP contribution is -2.43. The van der Waals surface area contributed by atoms with Crippen LogP contribution in [0.25, 0.3) is 6.08 Å². The van der Waals surface area contributed by atoms with Gasteiger partial charge in [-0.3, -0.25) is 19.7 Å². The van der Waals surface area contributed by atoms with Gasteiger partial charge in [0.15, 0.2) is 6.61 Å². The van der Waals surface area contributed by atoms with Crippen LogP contribution < -0.4 is 19.5 Å². The van der Waals surface area contributed by atoms with Crippen molar-refractivity contribution in [3.05, 3.63) is 57.0 Å². The minimum atomic E-state index is -0.523. The highest BCUT2D eigenvalue weighted by Gasteiger charge is 2.36. The summed E-state index contributed by atoms with van der Waals surface area (Å²) in [4.78, 5) is 37.9. The Labute approximate surface area is 238 Å². The zero-order valence-corrected chi connectivity index (χ0v) is 24.1. The molecule has 0 bridgehead atoms. The number of fused-ring (bicyclic) bond motifs is 1. The second-order valence-electron chi connectivity index (χ2n) is 10.6. The summed E-state index contributed by atoms with van der Waals surface area (Å²) in [6.07, 6.45) is 3.25. The molecule has 0 aromatic heterocycles. The summed E-state index contributed by atoms with van der Waals surface area (Å²) in [6, 6.07) is 7.38. The summed E-state index contributed by atoms with van der Waals surface area (Å²) < 4.78 is 24.1. The van der Waals surface area contributed by atoms with Crippen LogP contribution in [0.5, 0.6) is 17.2 Å². The maximum atomic E-state index is 12.6. The Morgan fingerprint density at radius 3 is 2.48 bits per heavy atom. The second kappa shape index (κ2) is 11.5. The van der Waals surface area contributed by atoms with E-state index in [1.807, 2.05) is 45.0 Å². The highest BCUT2D eigenvalue weighted by atomic mass is 32.2. The lowest BCUT2D eigenvalue weighted by Gasteiger charge is -2.38. The van der Waals surface area contributed by atoms with Gasteiger partial charge in [-0.1, -0.05) is 12.1 Å². The van der Waals surface area contributed by atoms with Crippen LogP contribution in [0.3, 0.4) is 0 Å². The van der Waals surface area contributed by atoms with E-state index < -0.39 is 5.60 Å². The molecule has 5 rings (SSSR count). The van der Waals surface area contributed by atoms with E-state index in [9.17, 15) is 14.4 Å². The fourth-order valence-electron chi connectivity index (χ4n) is 5.11. The number of thioether (sulfide) groups is 1. The summed E-state index contributed by atoms with van der Waals surface area (Å²) in [5.41, 5.74) is 4.38. The maximum absolute atomic E-state index is 12.6. The molecule has 212 valence electrons. The van der Waals surface area contributed by atoms with Crippen molar-refractivity contribution >= 4 is 34.9 Å². The van der Waals surface area contributed by atoms with E-state index in [1.165, 1.54) is 0 Å². The number of ether oxygens (including phenoxy) is 4. The molecule has 3 amide bonds. The SMILES string of the molecule is Cc1c(C)c2c(c(C)c1OCC(=O)N1CCOCC1)CCC(C)(COc1ccc(C=C3SC(=O)NC3=O)cc1)O2. The molecule has 2 saturated heterocycles. The number of morpholine rings is 1. The van der Waals surface area contributed by atoms with Gasteiger partial charge in [-0.15, -0.1) is 0 Å². The first kappa shape index (κ1) is 28.0. The molecule has 9 nitrogen and oxygen atoms in total. The third-order valence-corrected chi connectivity index (χ3v) is 8.44. The van der Waals surface area contributed by atoms with E-state index in [0.717, 1.165) is 63.9 Å². The number of hydrogen-bond donors (Lipinski definition) is 1. The normalized spacial score (nSPS) is 21.6. The first-order chi connectivity index (χ1) is 19.1. The summed E-state index contributed by atoms with van der Waals surface area (Å²) in [5, 5.41) is 1.90. The number of nitrogens with zero attached hydrogens (tertiary/aromatic N) is 1. The average Bonchev–Trinajstić information content (AvgIpc) is 3.27. The molecule has 2 aromatic carbocycles. The van der Waals surface area contributed by atoms with Gasteiger partial charge < -0.3 is 23.8 Å². The zero-order chi connectivity index (χ0) is 28.4. The predicted octanol–water partition coefficient (Wildman–Crippen LogP) is 4.34. The molecule has 1 atom stereocenters. The summed E-state index contributed by atoms with van der Waals surface area (Å²) in [7, 11) is 0. The first-order valence-electron chi connectivity index (χ1n) is 13.4. The number of carbonyl (C=O) groups is 3. The topological polar surface area (TPSA) is 103 Å². The number of imide groups is 1. The monoisotopic (exact) mass is 566 g/mol. The van der Waals surface area contributed by atoms with E-state index in [4.69, 9.17) is 18.9 Å². The van der Waals surface area contributed by atoms with Gasteiger partial charge in [0.2, 0.25) is 0 Å². The molecule has 0 radical (unpaired) electrons. The van der Waals surface area contributed by atoms with Crippen LogP contribution in [0.1, 0.15) is 41.2 Å². The summed E-state index contributed by atoms with van der Waals surface area (Å²) >= 11 is 0.894. The van der Waals surface area contributed by atoms with Crippen molar-refractivity contribution in [1.29, 1.82) is 0 Å². The average molecular weight is 567 g/mol. The molecule has 2 fully saturated rings. The molecule has 3 aliphatic rings. The van der Waals surface area contributed by atoms with Crippen LogP contribution in [-0.4, -0.2) is 67.1 Å². The number of amides is 3. The van der Waals surface area contributed by atoms with Gasteiger partial charge in [0.05, 0.1) is 18.1 Å². The van der Waals surface area contributed by atoms with E-state index in [0.29, 0.717) is 43.6 Å². The van der Waals surface area contributed by atoms with Crippen LogP contribution in [0, 0.1) is 20.8 Å². The van der Waals surface area contributed by atoms with E-state index in [2.05, 4.69) is 12.2 Å². The van der Waals surface area contributed by atoms with Gasteiger partial charge in [0.25, 0.3) is 17.1 Å². The largest absolute Gasteiger partial charge is 0.489 e. The lowest BCUT2D eigenvalue weighted by atomic mass is 9.87. The molecule has 0 spiro atoms. The molecule has 40 heavy (non-hydrogen) atoms. The Hall–Kier alpha value is -3.50. The number of carbonyl (C=O) groups excluding carboxylic acids is 3. The van der Waals surface area contributed by atoms with Gasteiger partial charge in [0, 0.05) is 18.7 Å². The summed E-state index contributed by atoms with van der Waals surface area (Å²) in [6.45, 7) is 10.8. The molecule has 0 saturated carbocycles. The molecule has 10 heteroatoms. The molecule has 2 aromatic rings. The Morgan fingerprint density at radius 2 is 1.80 bits per heavy atom. The van der Waals surface area contributed by atoms with Crippen LogP contribution in [0.15, 0.2) is 29.2 Å². The first-order valence-corrected chi connectivity index (χ1v) is 14.2. The predicted molar refractivity (Wildman–Crippen MR) is 152 cm³/mol. The van der Waals surface area contributed by atoms with Crippen molar-refractivity contribution < 1.29 is 33.3 Å². The van der Waals surface area contributed by atoms with Crippen molar-refractivity contribution in [2.75, 3.05) is 39.5 Å². The maximum Gasteiger partial charge on any atom is 0.290 e. The van der Waals surface area contributed by atoms with Crippen molar-refractivity contribution in [2.45, 2.75) is 46.1 Å². The van der Waals surface area contributed by atoms with E-state index in [1.54, 1.807) is 11.0 Å². The van der Waals surface area contributed by atoms with Gasteiger partial charge in [-0.25, -0.2) is 0 Å². The number of nitrogens with one attached hydrogen (secondary N) is 1. The standard InChI is InChI=1S/C30H34N2O7S/c1-18-19(2)27-23(20(3)26(18)37-16-25(33)32-11-13-36-14-12-32)9-10-30(4,39-27)17-38-22-7-5-21(6-8-22)15-24-28(34)31-29(35)40-24/h5-8,15H,9-14,16-17H2,1-4H3,(H,31,34,35). The number of hydrogen-bond acceptors (Lipinski definition) is 8. The Morgan fingerprint density at radius 1 is 1.07 bits per heavy atom. The fourth-order valence-corrected chi connectivity index (χ4v) is 5.79. The van der Waals surface area contributed by atoms with Crippen LogP contribution >= 0.6 is 11.8 Å². The Balaban J connectivity index is 1.23. The Bertz CT molecular complexity index is 1370. The number of rotatable bonds is 7. The molecular formula is C30H34N2O7S. The minimum Gasteiger partial charge on any atom is -0.489 e. The minimum absolute atomic E-state index is 0.00632. The quantitative estimate of drug-likeness (QED) is 0.494. The lowest BCUT2D eigenvalue weighted by molar-refractivity contribution is -0.137. The molecular weight excluding hydrogens is 532 g/mol. The highest BCUT2D eigenvalue weighted by Crippen LogP contribution is 2.44. The highest BCUT2D eigenvalue weighted by molar-refractivity contribution is 8.18. The third kappa shape index (κ3) is 5.97. The third-order valence-electron chi connectivity index (χ3n) is 7.63. The zero-order valence-electron chi connectivity index (χ0n) is 23.3. The molecule has 3 aliphatic heterocycles.